The fourth-order valence-electron chi connectivity index (χ4n) is 3.59. The molecule has 1 heterocycles. The molecule has 1 aliphatic heterocycles. The van der Waals surface area contributed by atoms with Crippen LogP contribution in [0.4, 0.5) is 0 Å². The number of methoxy groups -OCH3 is 2. The van der Waals surface area contributed by atoms with Gasteiger partial charge in [-0.2, -0.15) is 0 Å². The Kier molecular flexibility index (Phi) is 8.61. The van der Waals surface area contributed by atoms with E-state index in [1.54, 1.807) is 31.2 Å². The van der Waals surface area contributed by atoms with E-state index in [1.807, 2.05) is 0 Å². The average molecular weight is 573 g/mol. The predicted molar refractivity (Wildman–Crippen MR) is 135 cm³/mol. The Morgan fingerprint density at radius 3 is 2.59 bits per heavy atom. The zero-order valence-corrected chi connectivity index (χ0v) is 22.2. The molecule has 0 saturated carbocycles. The molecule has 1 amide bonds. The third kappa shape index (κ3) is 5.91. The molecule has 0 spiro atoms. The summed E-state index contributed by atoms with van der Waals surface area (Å²) < 4.78 is 45.4. The van der Waals surface area contributed by atoms with E-state index in [0.29, 0.717) is 42.2 Å². The van der Waals surface area contributed by atoms with Crippen LogP contribution in [0, 0.1) is 0 Å². The minimum Gasteiger partial charge on any atom is -0.496 e. The number of amides is 1. The van der Waals surface area contributed by atoms with Crippen LogP contribution < -0.4 is 29.6 Å². The molecule has 34 heavy (non-hydrogen) atoms. The van der Waals surface area contributed by atoms with E-state index in [-0.39, 0.29) is 34.1 Å². The van der Waals surface area contributed by atoms with E-state index < -0.39 is 10.0 Å². The van der Waals surface area contributed by atoms with Crippen molar-refractivity contribution in [2.45, 2.75) is 24.2 Å². The number of hydrogen-bond donors (Lipinski definition) is 3. The number of carbonyl (C=O) groups excluding carboxylic acids is 1. The molecule has 1 aliphatic rings. The van der Waals surface area contributed by atoms with Gasteiger partial charge in [-0.3, -0.25) is 9.52 Å². The summed E-state index contributed by atoms with van der Waals surface area (Å²) in [6.07, 6.45) is 0.595. The number of ether oxygens (including phenoxy) is 3. The van der Waals surface area contributed by atoms with Gasteiger partial charge in [0, 0.05) is 35.1 Å². The summed E-state index contributed by atoms with van der Waals surface area (Å²) in [5, 5.41) is 5.67. The lowest BCUT2D eigenvalue weighted by Gasteiger charge is -2.27. The number of hydrogen-bond acceptors (Lipinski definition) is 7. The highest BCUT2D eigenvalue weighted by atomic mass is 79.9. The first kappa shape index (κ1) is 26.0. The minimum absolute atomic E-state index is 0.00898. The van der Waals surface area contributed by atoms with Crippen molar-refractivity contribution < 1.29 is 27.4 Å². The molecule has 1 unspecified atom stereocenters. The number of nitrogens with one attached hydrogen (secondary N) is 3. The number of sulfonamides is 1. The van der Waals surface area contributed by atoms with Gasteiger partial charge in [-0.1, -0.05) is 15.9 Å². The van der Waals surface area contributed by atoms with Gasteiger partial charge in [-0.05, 0) is 49.8 Å². The second kappa shape index (κ2) is 11.2. The maximum Gasteiger partial charge on any atom is 0.267 e. The van der Waals surface area contributed by atoms with Gasteiger partial charge in [0.1, 0.15) is 22.1 Å². The number of benzene rings is 2. The standard InChI is InChI=1S/C22H26BrN3O6S2/c1-4-24-22(33)26-34(28,29)20-10-15-13(7-8-32-18(15)11-19(20)31-3)12-25-21(27)16-9-14(23)5-6-17(16)30-2/h5-6,9-11,13H,4,7-8,12H2,1-3H3,(H,25,27)(H2,24,26,33). The van der Waals surface area contributed by atoms with Gasteiger partial charge < -0.3 is 24.8 Å². The van der Waals surface area contributed by atoms with Gasteiger partial charge in [0.05, 0.1) is 26.4 Å². The highest BCUT2D eigenvalue weighted by Gasteiger charge is 2.29. The van der Waals surface area contributed by atoms with Crippen LogP contribution in [0.25, 0.3) is 0 Å². The smallest absolute Gasteiger partial charge is 0.267 e. The molecule has 9 nitrogen and oxygen atoms in total. The molecule has 12 heteroatoms. The summed E-state index contributed by atoms with van der Waals surface area (Å²) in [5.74, 6) is 0.621. The van der Waals surface area contributed by atoms with Gasteiger partial charge in [0.2, 0.25) is 0 Å². The van der Waals surface area contributed by atoms with Gasteiger partial charge in [-0.25, -0.2) is 8.42 Å². The molecule has 2 aromatic rings. The van der Waals surface area contributed by atoms with Crippen molar-refractivity contribution in [3.05, 3.63) is 45.9 Å². The fourth-order valence-corrected chi connectivity index (χ4v) is 5.54. The third-order valence-electron chi connectivity index (χ3n) is 5.23. The molecule has 0 aliphatic carbocycles. The molecule has 3 rings (SSSR count). The molecule has 2 aromatic carbocycles. The molecule has 0 bridgehead atoms. The van der Waals surface area contributed by atoms with Crippen LogP contribution in [0.5, 0.6) is 17.2 Å². The van der Waals surface area contributed by atoms with E-state index in [0.717, 1.165) is 4.47 Å². The maximum absolute atomic E-state index is 13.0. The van der Waals surface area contributed by atoms with Crippen molar-refractivity contribution in [3.8, 4) is 17.2 Å². The Morgan fingerprint density at radius 2 is 1.91 bits per heavy atom. The summed E-state index contributed by atoms with van der Waals surface area (Å²) in [7, 11) is -1.13. The quantitative estimate of drug-likeness (QED) is 0.414. The number of rotatable bonds is 8. The van der Waals surface area contributed by atoms with Crippen molar-refractivity contribution in [2.75, 3.05) is 33.9 Å². The zero-order valence-electron chi connectivity index (χ0n) is 18.9. The second-order valence-corrected chi connectivity index (χ2v) is 10.4. The zero-order chi connectivity index (χ0) is 24.9. The Labute approximate surface area is 212 Å². The minimum atomic E-state index is -4.01. The summed E-state index contributed by atoms with van der Waals surface area (Å²) in [6, 6.07) is 8.24. The van der Waals surface area contributed by atoms with E-state index >= 15 is 0 Å². The first-order chi connectivity index (χ1) is 16.2. The lowest BCUT2D eigenvalue weighted by Crippen LogP contribution is -2.39. The summed E-state index contributed by atoms with van der Waals surface area (Å²) in [6.45, 7) is 2.98. The molecule has 0 aromatic heterocycles. The van der Waals surface area contributed by atoms with Gasteiger partial charge in [0.15, 0.2) is 5.11 Å². The maximum atomic E-state index is 13.0. The molecule has 0 fully saturated rings. The Morgan fingerprint density at radius 1 is 1.18 bits per heavy atom. The number of thiocarbonyl (C=S) groups is 1. The largest absolute Gasteiger partial charge is 0.496 e. The number of carbonyl (C=O) groups is 1. The highest BCUT2D eigenvalue weighted by molar-refractivity contribution is 9.10. The van der Waals surface area contributed by atoms with Crippen LogP contribution >= 0.6 is 28.1 Å². The Hall–Kier alpha value is -2.57. The van der Waals surface area contributed by atoms with Crippen LogP contribution in [-0.2, 0) is 10.0 Å². The Balaban J connectivity index is 1.88. The van der Waals surface area contributed by atoms with Crippen LogP contribution in [0.2, 0.25) is 0 Å². The monoisotopic (exact) mass is 571 g/mol. The first-order valence-electron chi connectivity index (χ1n) is 10.5. The highest BCUT2D eigenvalue weighted by Crippen LogP contribution is 2.40. The van der Waals surface area contributed by atoms with Crippen molar-refractivity contribution in [3.63, 3.8) is 0 Å². The van der Waals surface area contributed by atoms with Crippen molar-refractivity contribution in [1.29, 1.82) is 0 Å². The predicted octanol–water partition coefficient (Wildman–Crippen LogP) is 2.94. The fraction of sp³-hybridized carbons (Fsp3) is 0.364. The molecular formula is C22H26BrN3O6S2. The van der Waals surface area contributed by atoms with Crippen LogP contribution in [-0.4, -0.2) is 53.4 Å². The van der Waals surface area contributed by atoms with E-state index in [1.165, 1.54) is 20.3 Å². The first-order valence-corrected chi connectivity index (χ1v) is 13.2. The van der Waals surface area contributed by atoms with Crippen LogP contribution in [0.15, 0.2) is 39.7 Å². The normalized spacial score (nSPS) is 14.9. The van der Waals surface area contributed by atoms with Gasteiger partial charge in [-0.15, -0.1) is 0 Å². The topological polar surface area (TPSA) is 115 Å². The molecule has 0 radical (unpaired) electrons. The third-order valence-corrected chi connectivity index (χ3v) is 7.47. The van der Waals surface area contributed by atoms with Crippen LogP contribution in [0.3, 0.4) is 0 Å². The molecule has 184 valence electrons. The lowest BCUT2D eigenvalue weighted by molar-refractivity contribution is 0.0945. The second-order valence-electron chi connectivity index (χ2n) is 7.39. The Bertz CT molecular complexity index is 1190. The summed E-state index contributed by atoms with van der Waals surface area (Å²) in [5.41, 5.74) is 1.05. The summed E-state index contributed by atoms with van der Waals surface area (Å²) in [4.78, 5) is 12.8. The lowest BCUT2D eigenvalue weighted by atomic mass is 9.92. The molecule has 3 N–H and O–H groups in total. The van der Waals surface area contributed by atoms with Gasteiger partial charge >= 0.3 is 0 Å². The average Bonchev–Trinajstić information content (AvgIpc) is 2.81. The van der Waals surface area contributed by atoms with Crippen LogP contribution in [0.1, 0.15) is 35.2 Å². The molecular weight excluding hydrogens is 546 g/mol. The van der Waals surface area contributed by atoms with E-state index in [4.69, 9.17) is 26.4 Å². The molecule has 0 saturated heterocycles. The van der Waals surface area contributed by atoms with E-state index in [9.17, 15) is 13.2 Å². The van der Waals surface area contributed by atoms with Crippen molar-refractivity contribution >= 4 is 49.2 Å². The SMILES string of the molecule is CCNC(=S)NS(=O)(=O)c1cc2c(cc1OC)OCCC2CNC(=O)c1cc(Br)ccc1OC. The number of halogens is 1. The van der Waals surface area contributed by atoms with Crippen molar-refractivity contribution in [1.82, 2.24) is 15.4 Å². The number of fused-ring (bicyclic) bond motifs is 1. The van der Waals surface area contributed by atoms with Crippen molar-refractivity contribution in [2.24, 2.45) is 0 Å². The summed E-state index contributed by atoms with van der Waals surface area (Å²) >= 11 is 8.41. The molecule has 1 atom stereocenters. The van der Waals surface area contributed by atoms with Gasteiger partial charge in [0.25, 0.3) is 15.9 Å². The van der Waals surface area contributed by atoms with E-state index in [2.05, 4.69) is 31.3 Å².